The van der Waals surface area contributed by atoms with Crippen LogP contribution in [0.2, 0.25) is 0 Å². The Balaban J connectivity index is 1.90. The highest BCUT2D eigenvalue weighted by atomic mass is 32.2. The molecule has 0 N–H and O–H groups in total. The molecule has 1 aliphatic rings. The molecule has 6 nitrogen and oxygen atoms in total. The van der Waals surface area contributed by atoms with E-state index >= 15 is 0 Å². The van der Waals surface area contributed by atoms with E-state index < -0.39 is 12.0 Å². The van der Waals surface area contributed by atoms with E-state index in [0.717, 1.165) is 16.0 Å². The van der Waals surface area contributed by atoms with Crippen molar-refractivity contribution in [2.45, 2.75) is 38.6 Å². The number of allylic oxidation sites excluding steroid dienone is 1. The topological polar surface area (TPSA) is 69.9 Å². The molecule has 0 amide bonds. The Morgan fingerprint density at radius 1 is 1.19 bits per heavy atom. The first-order chi connectivity index (χ1) is 17.3. The molecule has 188 valence electrons. The minimum atomic E-state index is -0.624. The van der Waals surface area contributed by atoms with Crippen molar-refractivity contribution in [3.63, 3.8) is 0 Å². The number of hydrogen-bond acceptors (Lipinski definition) is 7. The zero-order valence-corrected chi connectivity index (χ0v) is 22.7. The first-order valence-corrected chi connectivity index (χ1v) is 13.9. The molecule has 1 aromatic heterocycles. The average molecular weight is 523 g/mol. The summed E-state index contributed by atoms with van der Waals surface area (Å²) in [7, 11) is 0. The summed E-state index contributed by atoms with van der Waals surface area (Å²) >= 11 is 2.94. The molecule has 0 saturated carbocycles. The highest BCUT2D eigenvalue weighted by molar-refractivity contribution is 7.98. The van der Waals surface area contributed by atoms with Gasteiger partial charge in [0.2, 0.25) is 0 Å². The number of benzene rings is 2. The van der Waals surface area contributed by atoms with Gasteiger partial charge in [0.05, 0.1) is 35.1 Å². The maximum Gasteiger partial charge on any atom is 0.338 e. The fourth-order valence-electron chi connectivity index (χ4n) is 4.03. The van der Waals surface area contributed by atoms with E-state index in [4.69, 9.17) is 9.47 Å². The largest absolute Gasteiger partial charge is 0.493 e. The van der Waals surface area contributed by atoms with Crippen LogP contribution in [-0.2, 0) is 9.53 Å². The van der Waals surface area contributed by atoms with Crippen molar-refractivity contribution in [2.75, 3.05) is 19.5 Å². The van der Waals surface area contributed by atoms with Crippen LogP contribution in [0.4, 0.5) is 0 Å². The number of thiazole rings is 1. The summed E-state index contributed by atoms with van der Waals surface area (Å²) in [5.74, 6) is 0.463. The van der Waals surface area contributed by atoms with E-state index in [1.165, 1.54) is 11.3 Å². The van der Waals surface area contributed by atoms with Crippen LogP contribution < -0.4 is 19.6 Å². The number of aromatic nitrogens is 1. The number of carbonyl (C=O) groups excluding carboxylic acids is 1. The van der Waals surface area contributed by atoms with Crippen molar-refractivity contribution in [3.05, 3.63) is 90.6 Å². The lowest BCUT2D eigenvalue weighted by molar-refractivity contribution is -0.140. The highest BCUT2D eigenvalue weighted by Crippen LogP contribution is 2.32. The minimum Gasteiger partial charge on any atom is -0.493 e. The molecular weight excluding hydrogens is 492 g/mol. The van der Waals surface area contributed by atoms with Crippen LogP contribution in [0.3, 0.4) is 0 Å². The number of ether oxygens (including phenoxy) is 2. The monoisotopic (exact) mass is 522 g/mol. The maximum atomic E-state index is 13.8. The van der Waals surface area contributed by atoms with Crippen LogP contribution in [0.1, 0.15) is 44.9 Å². The molecule has 0 aliphatic carbocycles. The van der Waals surface area contributed by atoms with Crippen LogP contribution in [0, 0.1) is 5.92 Å². The second kappa shape index (κ2) is 11.3. The van der Waals surface area contributed by atoms with Gasteiger partial charge in [-0.2, -0.15) is 0 Å². The smallest absolute Gasteiger partial charge is 0.338 e. The average Bonchev–Trinajstić information content (AvgIpc) is 3.17. The third-order valence-corrected chi connectivity index (χ3v) is 7.45. The van der Waals surface area contributed by atoms with Crippen LogP contribution in [0.25, 0.3) is 6.08 Å². The number of para-hydroxylation sites is 1. The van der Waals surface area contributed by atoms with E-state index in [1.807, 2.05) is 81.6 Å². The fourth-order valence-corrected chi connectivity index (χ4v) is 5.48. The summed E-state index contributed by atoms with van der Waals surface area (Å²) in [6.45, 7) is 8.53. The van der Waals surface area contributed by atoms with Gasteiger partial charge in [-0.1, -0.05) is 55.5 Å². The van der Waals surface area contributed by atoms with Gasteiger partial charge in [-0.05, 0) is 55.9 Å². The molecule has 2 aromatic carbocycles. The number of nitrogens with zero attached hydrogens (tertiary/aromatic N) is 2. The van der Waals surface area contributed by atoms with Gasteiger partial charge in [-0.15, -0.1) is 11.8 Å². The number of rotatable bonds is 8. The quantitative estimate of drug-likeness (QED) is 0.321. The molecule has 1 aliphatic heterocycles. The molecule has 0 bridgehead atoms. The maximum absolute atomic E-state index is 13.8. The van der Waals surface area contributed by atoms with E-state index in [-0.39, 0.29) is 11.5 Å². The molecule has 0 saturated heterocycles. The standard InChI is InChI=1S/C28H30N2O4S2/c1-6-33-22-10-8-7-9-20(22)15-23-26(31)30-25(19-11-13-21(35-5)14-12-19)24(18(4)29-28(30)36-23)27(32)34-16-17(2)3/h7-15,17,25H,6,16H2,1-5H3. The Bertz CT molecular complexity index is 1470. The summed E-state index contributed by atoms with van der Waals surface area (Å²) in [4.78, 5) is 33.4. The molecule has 0 radical (unpaired) electrons. The summed E-state index contributed by atoms with van der Waals surface area (Å²) in [6.07, 6.45) is 3.84. The van der Waals surface area contributed by atoms with E-state index in [2.05, 4.69) is 4.99 Å². The van der Waals surface area contributed by atoms with E-state index in [9.17, 15) is 9.59 Å². The molecule has 0 spiro atoms. The lowest BCUT2D eigenvalue weighted by Gasteiger charge is -2.25. The molecule has 1 unspecified atom stereocenters. The first kappa shape index (κ1) is 26.0. The van der Waals surface area contributed by atoms with Gasteiger partial charge in [-0.25, -0.2) is 9.79 Å². The Kier molecular flexibility index (Phi) is 8.16. The highest BCUT2D eigenvalue weighted by Gasteiger charge is 2.33. The van der Waals surface area contributed by atoms with Crippen molar-refractivity contribution in [3.8, 4) is 5.75 Å². The number of fused-ring (bicyclic) bond motifs is 1. The Morgan fingerprint density at radius 2 is 1.92 bits per heavy atom. The Morgan fingerprint density at radius 3 is 2.58 bits per heavy atom. The molecule has 1 atom stereocenters. The van der Waals surface area contributed by atoms with Crippen LogP contribution in [0.5, 0.6) is 5.75 Å². The fraction of sp³-hybridized carbons (Fsp3) is 0.321. The van der Waals surface area contributed by atoms with Crippen LogP contribution >= 0.6 is 23.1 Å². The third-order valence-electron chi connectivity index (χ3n) is 5.73. The zero-order chi connectivity index (χ0) is 25.8. The molecule has 3 aromatic rings. The van der Waals surface area contributed by atoms with Gasteiger partial charge in [0.25, 0.3) is 5.56 Å². The predicted molar refractivity (Wildman–Crippen MR) is 145 cm³/mol. The number of carbonyl (C=O) groups is 1. The van der Waals surface area contributed by atoms with Gasteiger partial charge >= 0.3 is 5.97 Å². The second-order valence-electron chi connectivity index (χ2n) is 8.82. The van der Waals surface area contributed by atoms with Gasteiger partial charge in [-0.3, -0.25) is 9.36 Å². The van der Waals surface area contributed by atoms with Gasteiger partial charge in [0, 0.05) is 10.5 Å². The lowest BCUT2D eigenvalue weighted by Crippen LogP contribution is -2.40. The first-order valence-electron chi connectivity index (χ1n) is 11.9. The molecule has 4 rings (SSSR count). The van der Waals surface area contributed by atoms with Crippen LogP contribution in [0.15, 0.2) is 74.5 Å². The second-order valence-corrected chi connectivity index (χ2v) is 10.7. The van der Waals surface area contributed by atoms with Crippen molar-refractivity contribution in [2.24, 2.45) is 10.9 Å². The van der Waals surface area contributed by atoms with E-state index in [1.54, 1.807) is 23.3 Å². The van der Waals surface area contributed by atoms with Gasteiger partial charge < -0.3 is 9.47 Å². The summed E-state index contributed by atoms with van der Waals surface area (Å²) in [5, 5.41) is 0. The number of hydrogen-bond donors (Lipinski definition) is 0. The molecule has 36 heavy (non-hydrogen) atoms. The number of thioether (sulfide) groups is 1. The lowest BCUT2D eigenvalue weighted by atomic mass is 9.96. The summed E-state index contributed by atoms with van der Waals surface area (Å²) < 4.78 is 13.5. The summed E-state index contributed by atoms with van der Waals surface area (Å²) in [5.41, 5.74) is 2.40. The van der Waals surface area contributed by atoms with E-state index in [0.29, 0.717) is 39.6 Å². The number of esters is 1. The van der Waals surface area contributed by atoms with Gasteiger partial charge in [0.1, 0.15) is 5.75 Å². The zero-order valence-electron chi connectivity index (χ0n) is 21.1. The molecular formula is C28H30N2O4S2. The third kappa shape index (κ3) is 5.34. The molecule has 0 fully saturated rings. The minimum absolute atomic E-state index is 0.195. The SMILES string of the molecule is CCOc1ccccc1C=c1sc2n(c1=O)C(c1ccc(SC)cc1)C(C(=O)OCC(C)C)=C(C)N=2. The normalized spacial score (nSPS) is 15.6. The van der Waals surface area contributed by atoms with Crippen molar-refractivity contribution in [1.29, 1.82) is 0 Å². The Hall–Kier alpha value is -3.10. The van der Waals surface area contributed by atoms with Crippen LogP contribution in [-0.4, -0.2) is 30.0 Å². The predicted octanol–water partition coefficient (Wildman–Crippen LogP) is 4.56. The Labute approximate surface area is 219 Å². The molecule has 2 heterocycles. The van der Waals surface area contributed by atoms with Crippen molar-refractivity contribution < 1.29 is 14.3 Å². The van der Waals surface area contributed by atoms with Crippen molar-refractivity contribution >= 4 is 35.1 Å². The summed E-state index contributed by atoms with van der Waals surface area (Å²) in [6, 6.07) is 14.9. The molecule has 8 heteroatoms. The van der Waals surface area contributed by atoms with Gasteiger partial charge in [0.15, 0.2) is 4.80 Å². The van der Waals surface area contributed by atoms with Crippen molar-refractivity contribution in [1.82, 2.24) is 4.57 Å².